The molecular formula is C22H24N4O4. The Balaban J connectivity index is 1.27. The van der Waals surface area contributed by atoms with Crippen molar-refractivity contribution in [1.82, 2.24) is 15.5 Å². The second-order valence-electron chi connectivity index (χ2n) is 9.26. The minimum atomic E-state index is -0.921. The maximum Gasteiger partial charge on any atom is 0.262 e. The number of anilines is 1. The van der Waals surface area contributed by atoms with Crippen LogP contribution in [0.4, 0.5) is 5.69 Å². The molecule has 0 spiro atoms. The standard InChI is InChI=1S/C22H24N4O4/c27-19-6-5-18(20(28)24-19)26-21(29)13-3-2-12(7-14(13)22(26)30)25-9-15-11-1-4-17(23-8-11)16(15)10-25/h2-3,7,11,15-18,23H,1,4-6,8-10H2,(H,24,27,28). The van der Waals surface area contributed by atoms with Crippen LogP contribution in [0.3, 0.4) is 0 Å². The highest BCUT2D eigenvalue weighted by molar-refractivity contribution is 6.23. The second-order valence-corrected chi connectivity index (χ2v) is 9.26. The Kier molecular flexibility index (Phi) is 3.84. The summed E-state index contributed by atoms with van der Waals surface area (Å²) >= 11 is 0. The van der Waals surface area contributed by atoms with Gasteiger partial charge < -0.3 is 10.2 Å². The average molecular weight is 408 g/mol. The highest BCUT2D eigenvalue weighted by Crippen LogP contribution is 2.45. The molecule has 30 heavy (non-hydrogen) atoms. The van der Waals surface area contributed by atoms with Crippen molar-refractivity contribution in [3.8, 4) is 0 Å². The molecule has 2 bridgehead atoms. The molecule has 5 fully saturated rings. The van der Waals surface area contributed by atoms with Crippen LogP contribution in [0.1, 0.15) is 46.4 Å². The van der Waals surface area contributed by atoms with Crippen LogP contribution in [0.5, 0.6) is 0 Å². The van der Waals surface area contributed by atoms with Gasteiger partial charge in [-0.1, -0.05) is 0 Å². The van der Waals surface area contributed by atoms with E-state index in [1.807, 2.05) is 12.1 Å². The van der Waals surface area contributed by atoms with E-state index in [0.29, 0.717) is 29.0 Å². The Morgan fingerprint density at radius 3 is 2.43 bits per heavy atom. The summed E-state index contributed by atoms with van der Waals surface area (Å²) in [6, 6.07) is 5.12. The van der Waals surface area contributed by atoms with E-state index in [-0.39, 0.29) is 18.7 Å². The predicted octanol–water partition coefficient (Wildman–Crippen LogP) is 0.522. The zero-order valence-electron chi connectivity index (χ0n) is 16.6. The van der Waals surface area contributed by atoms with Crippen molar-refractivity contribution < 1.29 is 19.2 Å². The van der Waals surface area contributed by atoms with Gasteiger partial charge in [-0.3, -0.25) is 29.4 Å². The van der Waals surface area contributed by atoms with Gasteiger partial charge in [-0.2, -0.15) is 0 Å². The SMILES string of the molecule is O=C1CCC(N2C(=O)c3ccc(N4CC5C6CCC(NC6)C5C4)cc3C2=O)C(=O)N1. The van der Waals surface area contributed by atoms with Crippen LogP contribution in [0.2, 0.25) is 0 Å². The molecule has 4 saturated heterocycles. The minimum Gasteiger partial charge on any atom is -0.371 e. The first-order valence-corrected chi connectivity index (χ1v) is 10.8. The van der Waals surface area contributed by atoms with Crippen LogP contribution in [0, 0.1) is 17.8 Å². The van der Waals surface area contributed by atoms with E-state index < -0.39 is 23.8 Å². The average Bonchev–Trinajstić information content (AvgIpc) is 3.32. The van der Waals surface area contributed by atoms with Crippen molar-refractivity contribution >= 4 is 29.3 Å². The first-order valence-electron chi connectivity index (χ1n) is 10.8. The van der Waals surface area contributed by atoms with E-state index in [2.05, 4.69) is 15.5 Å². The summed E-state index contributed by atoms with van der Waals surface area (Å²) in [5, 5.41) is 5.91. The third-order valence-electron chi connectivity index (χ3n) is 7.81. The van der Waals surface area contributed by atoms with Crippen LogP contribution in [0.15, 0.2) is 18.2 Å². The number of hydrogen-bond acceptors (Lipinski definition) is 6. The molecule has 8 heteroatoms. The Labute approximate surface area is 174 Å². The summed E-state index contributed by atoms with van der Waals surface area (Å²) in [7, 11) is 0. The van der Waals surface area contributed by atoms with E-state index in [0.717, 1.165) is 36.1 Å². The molecule has 1 aliphatic carbocycles. The molecule has 1 aromatic rings. The van der Waals surface area contributed by atoms with E-state index in [1.54, 1.807) is 6.07 Å². The molecule has 6 aliphatic rings. The molecule has 7 rings (SSSR count). The third kappa shape index (κ3) is 2.49. The molecular weight excluding hydrogens is 384 g/mol. The fourth-order valence-electron chi connectivity index (χ4n) is 6.28. The van der Waals surface area contributed by atoms with Crippen molar-refractivity contribution in [2.24, 2.45) is 17.8 Å². The number of nitrogens with one attached hydrogen (secondary N) is 2. The van der Waals surface area contributed by atoms with Gasteiger partial charge >= 0.3 is 0 Å². The molecule has 1 saturated carbocycles. The number of benzene rings is 1. The van der Waals surface area contributed by atoms with E-state index in [1.165, 1.54) is 12.8 Å². The van der Waals surface area contributed by atoms with Gasteiger partial charge in [0.15, 0.2) is 0 Å². The Morgan fingerprint density at radius 2 is 1.70 bits per heavy atom. The summed E-state index contributed by atoms with van der Waals surface area (Å²) in [4.78, 5) is 53.0. The molecule has 156 valence electrons. The first-order chi connectivity index (χ1) is 14.5. The number of carbonyl (C=O) groups excluding carboxylic acids is 4. The number of carbonyl (C=O) groups is 4. The molecule has 4 amide bonds. The molecule has 0 aromatic heterocycles. The smallest absolute Gasteiger partial charge is 0.262 e. The van der Waals surface area contributed by atoms with Crippen LogP contribution in [0.25, 0.3) is 0 Å². The predicted molar refractivity (Wildman–Crippen MR) is 107 cm³/mol. The van der Waals surface area contributed by atoms with Crippen molar-refractivity contribution in [3.05, 3.63) is 29.3 Å². The van der Waals surface area contributed by atoms with Crippen molar-refractivity contribution in [2.45, 2.75) is 37.8 Å². The second kappa shape index (κ2) is 6.38. The zero-order valence-corrected chi connectivity index (χ0v) is 16.6. The largest absolute Gasteiger partial charge is 0.371 e. The topological polar surface area (TPSA) is 98.8 Å². The van der Waals surface area contributed by atoms with Gasteiger partial charge in [0.1, 0.15) is 6.04 Å². The van der Waals surface area contributed by atoms with Crippen molar-refractivity contribution in [1.29, 1.82) is 0 Å². The third-order valence-corrected chi connectivity index (χ3v) is 7.81. The quantitative estimate of drug-likeness (QED) is 0.693. The van der Waals surface area contributed by atoms with Crippen LogP contribution < -0.4 is 15.5 Å². The normalized spacial score (nSPS) is 35.0. The highest BCUT2D eigenvalue weighted by Gasteiger charge is 2.49. The van der Waals surface area contributed by atoms with Gasteiger partial charge in [0.25, 0.3) is 11.8 Å². The van der Waals surface area contributed by atoms with Gasteiger partial charge in [0.05, 0.1) is 11.1 Å². The van der Waals surface area contributed by atoms with E-state index in [4.69, 9.17) is 0 Å². The first kappa shape index (κ1) is 18.1. The Morgan fingerprint density at radius 1 is 0.900 bits per heavy atom. The van der Waals surface area contributed by atoms with Crippen LogP contribution >= 0.6 is 0 Å². The number of nitrogens with zero attached hydrogens (tertiary/aromatic N) is 2. The Bertz CT molecular complexity index is 963. The number of rotatable bonds is 2. The number of piperidine rings is 3. The molecule has 5 atom stereocenters. The zero-order chi connectivity index (χ0) is 20.6. The summed E-state index contributed by atoms with van der Waals surface area (Å²) in [5.41, 5.74) is 1.67. The molecule has 0 radical (unpaired) electrons. The molecule has 5 unspecified atom stereocenters. The maximum atomic E-state index is 13.1. The van der Waals surface area contributed by atoms with Crippen molar-refractivity contribution in [2.75, 3.05) is 24.5 Å². The van der Waals surface area contributed by atoms with E-state index in [9.17, 15) is 19.2 Å². The summed E-state index contributed by atoms with van der Waals surface area (Å²) in [5.74, 6) is 0.226. The molecule has 8 nitrogen and oxygen atoms in total. The molecule has 2 N–H and O–H groups in total. The fourth-order valence-corrected chi connectivity index (χ4v) is 6.28. The lowest BCUT2D eigenvalue weighted by Gasteiger charge is -2.45. The Hall–Kier alpha value is -2.74. The molecule has 5 aliphatic heterocycles. The number of hydrogen-bond donors (Lipinski definition) is 2. The van der Waals surface area contributed by atoms with Gasteiger partial charge in [-0.25, -0.2) is 0 Å². The number of imide groups is 2. The number of fused-ring (bicyclic) bond motifs is 3. The van der Waals surface area contributed by atoms with Crippen LogP contribution in [-0.4, -0.2) is 60.2 Å². The molecule has 1 aromatic carbocycles. The van der Waals surface area contributed by atoms with Crippen molar-refractivity contribution in [3.63, 3.8) is 0 Å². The van der Waals surface area contributed by atoms with Gasteiger partial charge in [-0.15, -0.1) is 0 Å². The van der Waals surface area contributed by atoms with Gasteiger partial charge in [0, 0.05) is 31.2 Å². The fraction of sp³-hybridized carbons (Fsp3) is 0.545. The molecule has 5 heterocycles. The minimum absolute atomic E-state index is 0.127. The van der Waals surface area contributed by atoms with Gasteiger partial charge in [0.2, 0.25) is 11.8 Å². The van der Waals surface area contributed by atoms with Gasteiger partial charge in [-0.05, 0) is 61.8 Å². The van der Waals surface area contributed by atoms with E-state index >= 15 is 0 Å². The lowest BCUT2D eigenvalue weighted by molar-refractivity contribution is -0.136. The highest BCUT2D eigenvalue weighted by atomic mass is 16.2. The van der Waals surface area contributed by atoms with Crippen LogP contribution in [-0.2, 0) is 9.59 Å². The summed E-state index contributed by atoms with van der Waals surface area (Å²) in [6.07, 6.45) is 2.85. The monoisotopic (exact) mass is 408 g/mol. The lowest BCUT2D eigenvalue weighted by atomic mass is 9.68. The lowest BCUT2D eigenvalue weighted by Crippen LogP contribution is -2.54. The summed E-state index contributed by atoms with van der Waals surface area (Å²) < 4.78 is 0. The number of amides is 4. The maximum absolute atomic E-state index is 13.1. The summed E-state index contributed by atoms with van der Waals surface area (Å²) in [6.45, 7) is 3.07.